The maximum absolute atomic E-state index is 5.16. The van der Waals surface area contributed by atoms with E-state index in [9.17, 15) is 0 Å². The summed E-state index contributed by atoms with van der Waals surface area (Å²) in [6, 6.07) is 68.8. The summed E-state index contributed by atoms with van der Waals surface area (Å²) in [4.78, 5) is 15.3. The first kappa shape index (κ1) is 32.2. The third kappa shape index (κ3) is 5.56. The Balaban J connectivity index is 1.15. The molecule has 11 rings (SSSR count). The van der Waals surface area contributed by atoms with Crippen molar-refractivity contribution in [2.75, 3.05) is 0 Å². The van der Waals surface area contributed by atoms with Crippen molar-refractivity contribution in [3.63, 3.8) is 0 Å². The minimum absolute atomic E-state index is 0.629. The van der Waals surface area contributed by atoms with Gasteiger partial charge >= 0.3 is 0 Å². The summed E-state index contributed by atoms with van der Waals surface area (Å²) in [7, 11) is 0. The number of fused-ring (bicyclic) bond motifs is 6. The van der Waals surface area contributed by atoms with Crippen LogP contribution in [0.2, 0.25) is 0 Å². The minimum Gasteiger partial charge on any atom is -0.309 e. The molecule has 3 heterocycles. The van der Waals surface area contributed by atoms with E-state index in [1.165, 1.54) is 42.0 Å². The summed E-state index contributed by atoms with van der Waals surface area (Å²) >= 11 is 1.84. The summed E-state index contributed by atoms with van der Waals surface area (Å²) in [5.74, 6) is 1.91. The highest BCUT2D eigenvalue weighted by Gasteiger charge is 2.17. The van der Waals surface area contributed by atoms with E-state index in [0.717, 1.165) is 44.6 Å². The molecule has 0 spiro atoms. The maximum atomic E-state index is 5.16. The van der Waals surface area contributed by atoms with Gasteiger partial charge in [0, 0.05) is 53.3 Å². The van der Waals surface area contributed by atoms with Gasteiger partial charge in [0.25, 0.3) is 0 Å². The summed E-state index contributed by atoms with van der Waals surface area (Å²) in [5.41, 5.74) is 10.8. The molecule has 0 bridgehead atoms. The van der Waals surface area contributed by atoms with Crippen LogP contribution >= 0.6 is 11.3 Å². The van der Waals surface area contributed by atoms with Crippen molar-refractivity contribution < 1.29 is 0 Å². The van der Waals surface area contributed by atoms with Crippen LogP contribution in [-0.2, 0) is 0 Å². The van der Waals surface area contributed by atoms with Crippen molar-refractivity contribution in [3.8, 4) is 62.1 Å². The van der Waals surface area contributed by atoms with E-state index < -0.39 is 0 Å². The van der Waals surface area contributed by atoms with Crippen LogP contribution in [0, 0.1) is 0 Å². The standard InChI is InChI=1S/C51H32N4S/c1-4-14-33(15-5-1)49-52-50(34-16-6-2-7-17-34)54-51(53-49)39-29-37(28-38(30-39)36-25-27-48-44(32-36)42-21-11-13-23-47(42)56-48)35-24-26-46-43(31-35)41-20-10-12-22-45(41)55(46)40-18-8-3-9-19-40/h1-32H. The van der Waals surface area contributed by atoms with Crippen LogP contribution in [0.1, 0.15) is 0 Å². The first-order valence-corrected chi connectivity index (χ1v) is 19.6. The van der Waals surface area contributed by atoms with Gasteiger partial charge in [-0.25, -0.2) is 15.0 Å². The zero-order valence-electron chi connectivity index (χ0n) is 30.2. The Morgan fingerprint density at radius 1 is 0.304 bits per heavy atom. The largest absolute Gasteiger partial charge is 0.309 e. The minimum atomic E-state index is 0.629. The molecule has 0 saturated heterocycles. The molecule has 262 valence electrons. The summed E-state index contributed by atoms with van der Waals surface area (Å²) in [6.07, 6.45) is 0. The SMILES string of the molecule is c1ccc(-c2nc(-c3ccccc3)nc(-c3cc(-c4ccc5sc6ccccc6c5c4)cc(-c4ccc5c(c4)c4ccccc4n5-c4ccccc4)c3)n2)cc1. The van der Waals surface area contributed by atoms with Gasteiger partial charge in [0.15, 0.2) is 17.5 Å². The molecule has 0 aliphatic carbocycles. The van der Waals surface area contributed by atoms with Gasteiger partial charge in [-0.2, -0.15) is 0 Å². The Morgan fingerprint density at radius 2 is 0.786 bits per heavy atom. The smallest absolute Gasteiger partial charge is 0.164 e. The average Bonchev–Trinajstić information content (AvgIpc) is 3.82. The number of benzene rings is 8. The lowest BCUT2D eigenvalue weighted by molar-refractivity contribution is 1.07. The lowest BCUT2D eigenvalue weighted by Crippen LogP contribution is -2.00. The van der Waals surface area contributed by atoms with Gasteiger partial charge in [0.1, 0.15) is 0 Å². The zero-order valence-corrected chi connectivity index (χ0v) is 31.0. The number of hydrogen-bond donors (Lipinski definition) is 0. The van der Waals surface area contributed by atoms with Crippen molar-refractivity contribution in [1.29, 1.82) is 0 Å². The quantitative estimate of drug-likeness (QED) is 0.171. The van der Waals surface area contributed by atoms with E-state index in [-0.39, 0.29) is 0 Å². The third-order valence-corrected chi connectivity index (χ3v) is 11.8. The van der Waals surface area contributed by atoms with Crippen molar-refractivity contribution >= 4 is 53.3 Å². The Hall–Kier alpha value is -7.21. The van der Waals surface area contributed by atoms with Gasteiger partial charge in [0.2, 0.25) is 0 Å². The molecule has 11 aromatic rings. The highest BCUT2D eigenvalue weighted by molar-refractivity contribution is 7.25. The monoisotopic (exact) mass is 732 g/mol. The fourth-order valence-corrected chi connectivity index (χ4v) is 9.03. The number of nitrogens with zero attached hydrogens (tertiary/aromatic N) is 4. The molecule has 4 nitrogen and oxygen atoms in total. The molecule has 0 saturated carbocycles. The van der Waals surface area contributed by atoms with Crippen LogP contribution < -0.4 is 0 Å². The predicted molar refractivity (Wildman–Crippen MR) is 234 cm³/mol. The van der Waals surface area contributed by atoms with E-state index >= 15 is 0 Å². The number of hydrogen-bond acceptors (Lipinski definition) is 4. The third-order valence-electron chi connectivity index (χ3n) is 10.6. The van der Waals surface area contributed by atoms with Gasteiger partial charge < -0.3 is 4.57 Å². The fraction of sp³-hybridized carbons (Fsp3) is 0. The number of thiophene rings is 1. The lowest BCUT2D eigenvalue weighted by atomic mass is 9.94. The van der Waals surface area contributed by atoms with Crippen LogP contribution in [0.25, 0.3) is 104 Å². The average molecular weight is 733 g/mol. The molecule has 5 heteroatoms. The molecular formula is C51H32N4S. The van der Waals surface area contributed by atoms with Crippen molar-refractivity contribution in [3.05, 3.63) is 194 Å². The molecule has 0 amide bonds. The van der Waals surface area contributed by atoms with Gasteiger partial charge in [-0.3, -0.25) is 0 Å². The molecule has 0 fully saturated rings. The Morgan fingerprint density at radius 3 is 1.46 bits per heavy atom. The van der Waals surface area contributed by atoms with Crippen LogP contribution in [0.4, 0.5) is 0 Å². The van der Waals surface area contributed by atoms with Crippen LogP contribution in [-0.4, -0.2) is 19.5 Å². The number of para-hydroxylation sites is 2. The van der Waals surface area contributed by atoms with Crippen LogP contribution in [0.3, 0.4) is 0 Å². The van der Waals surface area contributed by atoms with Gasteiger partial charge in [-0.05, 0) is 89.0 Å². The molecular weight excluding hydrogens is 701 g/mol. The van der Waals surface area contributed by atoms with Gasteiger partial charge in [0.05, 0.1) is 11.0 Å². The summed E-state index contributed by atoms with van der Waals surface area (Å²) in [6.45, 7) is 0. The molecule has 0 aliphatic heterocycles. The van der Waals surface area contributed by atoms with Gasteiger partial charge in [-0.1, -0.05) is 127 Å². The zero-order chi connectivity index (χ0) is 37.0. The lowest BCUT2D eigenvalue weighted by Gasteiger charge is -2.13. The molecule has 8 aromatic carbocycles. The van der Waals surface area contributed by atoms with Crippen molar-refractivity contribution in [1.82, 2.24) is 19.5 Å². The molecule has 3 aromatic heterocycles. The first-order chi connectivity index (χ1) is 27.7. The number of rotatable bonds is 6. The van der Waals surface area contributed by atoms with Crippen molar-refractivity contribution in [2.45, 2.75) is 0 Å². The molecule has 0 atom stereocenters. The summed E-state index contributed by atoms with van der Waals surface area (Å²) < 4.78 is 4.94. The normalized spacial score (nSPS) is 11.6. The van der Waals surface area contributed by atoms with Gasteiger partial charge in [-0.15, -0.1) is 11.3 Å². The van der Waals surface area contributed by atoms with Crippen LogP contribution in [0.15, 0.2) is 194 Å². The fourth-order valence-electron chi connectivity index (χ4n) is 7.94. The Labute approximate surface area is 327 Å². The predicted octanol–water partition coefficient (Wildman–Crippen LogP) is 13.7. The molecule has 0 radical (unpaired) electrons. The van der Waals surface area contributed by atoms with E-state index in [0.29, 0.717) is 17.5 Å². The second kappa shape index (κ2) is 13.3. The maximum Gasteiger partial charge on any atom is 0.164 e. The second-order valence-electron chi connectivity index (χ2n) is 14.1. The van der Waals surface area contributed by atoms with E-state index in [1.807, 2.05) is 47.7 Å². The second-order valence-corrected chi connectivity index (χ2v) is 15.2. The first-order valence-electron chi connectivity index (χ1n) is 18.8. The van der Waals surface area contributed by atoms with E-state index in [2.05, 4.69) is 162 Å². The molecule has 0 N–H and O–H groups in total. The number of aromatic nitrogens is 4. The molecule has 56 heavy (non-hydrogen) atoms. The Bertz CT molecular complexity index is 3180. The van der Waals surface area contributed by atoms with Crippen LogP contribution in [0.5, 0.6) is 0 Å². The van der Waals surface area contributed by atoms with Crippen molar-refractivity contribution in [2.24, 2.45) is 0 Å². The highest BCUT2D eigenvalue weighted by atomic mass is 32.1. The Kier molecular flexibility index (Phi) is 7.64. The van der Waals surface area contributed by atoms with E-state index in [1.54, 1.807) is 0 Å². The summed E-state index contributed by atoms with van der Waals surface area (Å²) in [5, 5.41) is 4.97. The highest BCUT2D eigenvalue weighted by Crippen LogP contribution is 2.40. The molecule has 0 aliphatic rings. The van der Waals surface area contributed by atoms with E-state index in [4.69, 9.17) is 15.0 Å². The molecule has 0 unspecified atom stereocenters. The topological polar surface area (TPSA) is 43.6 Å².